The molecule has 0 aromatic heterocycles. The number of hydrogen-bond donors (Lipinski definition) is 1. The normalized spacial score (nSPS) is 31.4. The molecule has 2 heterocycles. The van der Waals surface area contributed by atoms with Crippen LogP contribution in [0.3, 0.4) is 0 Å². The predicted molar refractivity (Wildman–Crippen MR) is 110 cm³/mol. The highest BCUT2D eigenvalue weighted by Crippen LogP contribution is 2.57. The van der Waals surface area contributed by atoms with Crippen LogP contribution >= 0.6 is 0 Å². The molecule has 164 valence electrons. The van der Waals surface area contributed by atoms with Crippen LogP contribution in [0.5, 0.6) is 11.5 Å². The summed E-state index contributed by atoms with van der Waals surface area (Å²) in [5, 5.41) is 9.12. The van der Waals surface area contributed by atoms with Crippen LogP contribution in [0.25, 0.3) is 0 Å². The molecule has 4 nitrogen and oxygen atoms in total. The average Bonchev–Trinajstić information content (AvgIpc) is 3.54. The molecule has 31 heavy (non-hydrogen) atoms. The van der Waals surface area contributed by atoms with E-state index in [9.17, 15) is 13.6 Å². The molecule has 2 unspecified atom stereocenters. The Morgan fingerprint density at radius 2 is 1.81 bits per heavy atom. The number of ether oxygens (including phenoxy) is 2. The highest BCUT2D eigenvalue weighted by atomic mass is 19.1. The first-order valence-corrected chi connectivity index (χ1v) is 11.0. The van der Waals surface area contributed by atoms with Crippen molar-refractivity contribution in [2.45, 2.75) is 50.5 Å². The molecule has 0 radical (unpaired) electrons. The number of rotatable bonds is 7. The van der Waals surface area contributed by atoms with Gasteiger partial charge in [-0.1, -0.05) is 12.1 Å². The third-order valence-corrected chi connectivity index (χ3v) is 7.49. The SMILES string of the molecule is O=C(O)C1CC1CCC12CCC(c3cccc(Oc4cc(F)cc(F)c4)c3)(CC1)OC2. The molecule has 1 N–H and O–H groups in total. The lowest BCUT2D eigenvalue weighted by atomic mass is 9.62. The van der Waals surface area contributed by atoms with Gasteiger partial charge in [-0.05, 0) is 74.0 Å². The number of carboxylic acids is 1. The standard InChI is InChI=1S/C25H26F2O4/c26-18-12-19(27)14-21(13-18)31-20-3-1-2-17(11-20)25-8-6-24(7-9-25,15-30-25)5-4-16-10-22(16)23(28)29/h1-3,11-14,16,22H,4-10,15H2,(H,28,29). The molecular weight excluding hydrogens is 402 g/mol. The first kappa shape index (κ1) is 20.4. The van der Waals surface area contributed by atoms with E-state index >= 15 is 0 Å². The summed E-state index contributed by atoms with van der Waals surface area (Å²) in [4.78, 5) is 11.1. The Morgan fingerprint density at radius 1 is 1.06 bits per heavy atom. The van der Waals surface area contributed by atoms with Crippen LogP contribution in [0.1, 0.15) is 50.5 Å². The van der Waals surface area contributed by atoms with E-state index in [1.807, 2.05) is 18.2 Å². The second kappa shape index (κ2) is 7.59. The number of aliphatic carboxylic acids is 1. The number of fused-ring (bicyclic) bond motifs is 3. The molecule has 0 spiro atoms. The van der Waals surface area contributed by atoms with Crippen molar-refractivity contribution in [1.82, 2.24) is 0 Å². The molecule has 2 saturated carbocycles. The maximum Gasteiger partial charge on any atom is 0.306 e. The molecule has 2 aromatic carbocycles. The highest BCUT2D eigenvalue weighted by Gasteiger charge is 2.52. The van der Waals surface area contributed by atoms with Gasteiger partial charge in [-0.15, -0.1) is 0 Å². The topological polar surface area (TPSA) is 55.8 Å². The van der Waals surface area contributed by atoms with Gasteiger partial charge in [-0.3, -0.25) is 4.79 Å². The van der Waals surface area contributed by atoms with Crippen molar-refractivity contribution in [3.8, 4) is 11.5 Å². The lowest BCUT2D eigenvalue weighted by Crippen LogP contribution is -2.49. The zero-order valence-electron chi connectivity index (χ0n) is 17.3. The Labute approximate surface area is 180 Å². The Morgan fingerprint density at radius 3 is 2.42 bits per heavy atom. The van der Waals surface area contributed by atoms with E-state index in [2.05, 4.69) is 0 Å². The predicted octanol–water partition coefficient (Wildman–Crippen LogP) is 6.04. The average molecular weight is 428 g/mol. The van der Waals surface area contributed by atoms with Crippen molar-refractivity contribution in [1.29, 1.82) is 0 Å². The smallest absolute Gasteiger partial charge is 0.306 e. The van der Waals surface area contributed by atoms with Crippen molar-refractivity contribution in [3.05, 3.63) is 59.7 Å². The van der Waals surface area contributed by atoms with Crippen LogP contribution in [0.4, 0.5) is 8.78 Å². The van der Waals surface area contributed by atoms with Crippen LogP contribution in [-0.2, 0) is 15.1 Å². The van der Waals surface area contributed by atoms with Gasteiger partial charge in [0, 0.05) is 18.2 Å². The van der Waals surface area contributed by atoms with E-state index in [1.54, 1.807) is 6.07 Å². The fourth-order valence-electron chi connectivity index (χ4n) is 5.39. The summed E-state index contributed by atoms with van der Waals surface area (Å²) in [6.07, 6.45) is 6.79. The lowest BCUT2D eigenvalue weighted by Gasteiger charge is -2.53. The maximum absolute atomic E-state index is 13.5. The van der Waals surface area contributed by atoms with Crippen LogP contribution in [-0.4, -0.2) is 17.7 Å². The van der Waals surface area contributed by atoms with E-state index in [1.165, 1.54) is 0 Å². The maximum atomic E-state index is 13.5. The van der Waals surface area contributed by atoms with Gasteiger partial charge < -0.3 is 14.6 Å². The lowest BCUT2D eigenvalue weighted by molar-refractivity contribution is -0.192. The fraction of sp³-hybridized carbons (Fsp3) is 0.480. The van der Waals surface area contributed by atoms with Gasteiger partial charge in [0.1, 0.15) is 23.1 Å². The van der Waals surface area contributed by atoms with Gasteiger partial charge in [-0.2, -0.15) is 0 Å². The molecule has 2 atom stereocenters. The van der Waals surface area contributed by atoms with Crippen molar-refractivity contribution in [2.75, 3.05) is 6.61 Å². The Kier molecular flexibility index (Phi) is 5.00. The summed E-state index contributed by atoms with van der Waals surface area (Å²) in [6.45, 7) is 0.692. The minimum atomic E-state index is -0.676. The minimum absolute atomic E-state index is 0.124. The molecule has 4 fully saturated rings. The van der Waals surface area contributed by atoms with Gasteiger partial charge in [0.05, 0.1) is 18.1 Å². The van der Waals surface area contributed by atoms with E-state index in [0.29, 0.717) is 18.3 Å². The van der Waals surface area contributed by atoms with E-state index < -0.39 is 17.6 Å². The van der Waals surface area contributed by atoms with Gasteiger partial charge >= 0.3 is 5.97 Å². The molecule has 2 aliphatic heterocycles. The summed E-state index contributed by atoms with van der Waals surface area (Å²) >= 11 is 0. The summed E-state index contributed by atoms with van der Waals surface area (Å²) < 4.78 is 39.1. The van der Waals surface area contributed by atoms with Gasteiger partial charge in [-0.25, -0.2) is 8.78 Å². The van der Waals surface area contributed by atoms with Crippen molar-refractivity contribution in [3.63, 3.8) is 0 Å². The van der Waals surface area contributed by atoms with Gasteiger partial charge in [0.2, 0.25) is 0 Å². The number of carbonyl (C=O) groups is 1. The van der Waals surface area contributed by atoms with Crippen molar-refractivity contribution >= 4 is 5.97 Å². The molecule has 2 aromatic rings. The molecule has 2 saturated heterocycles. The van der Waals surface area contributed by atoms with Gasteiger partial charge in [0.25, 0.3) is 0 Å². The number of carboxylic acid groups (broad SMARTS) is 1. The quantitative estimate of drug-likeness (QED) is 0.584. The van der Waals surface area contributed by atoms with Crippen LogP contribution in [0.2, 0.25) is 0 Å². The summed E-state index contributed by atoms with van der Waals surface area (Å²) in [5.74, 6) is -1.17. The molecule has 6 rings (SSSR count). The van der Waals surface area contributed by atoms with E-state index in [-0.39, 0.29) is 22.7 Å². The third kappa shape index (κ3) is 4.05. The Bertz CT molecular complexity index is 960. The number of benzene rings is 2. The van der Waals surface area contributed by atoms with Crippen molar-refractivity contribution in [2.24, 2.45) is 17.3 Å². The number of hydrogen-bond acceptors (Lipinski definition) is 3. The van der Waals surface area contributed by atoms with E-state index in [0.717, 1.165) is 68.7 Å². The molecular formula is C25H26F2O4. The molecule has 6 heteroatoms. The van der Waals surface area contributed by atoms with Crippen LogP contribution in [0, 0.1) is 28.9 Å². The minimum Gasteiger partial charge on any atom is -0.481 e. The Hall–Kier alpha value is -2.47. The first-order chi connectivity index (χ1) is 14.9. The van der Waals surface area contributed by atoms with Crippen LogP contribution in [0.15, 0.2) is 42.5 Å². The third-order valence-electron chi connectivity index (χ3n) is 7.49. The summed E-state index contributed by atoms with van der Waals surface area (Å²) in [6, 6.07) is 10.7. The summed E-state index contributed by atoms with van der Waals surface area (Å²) in [5.41, 5.74) is 0.848. The van der Waals surface area contributed by atoms with E-state index in [4.69, 9.17) is 14.6 Å². The second-order valence-corrected chi connectivity index (χ2v) is 9.50. The van der Waals surface area contributed by atoms with Crippen molar-refractivity contribution < 1.29 is 28.2 Å². The monoisotopic (exact) mass is 428 g/mol. The molecule has 0 amide bonds. The zero-order chi connectivity index (χ0) is 21.6. The molecule has 4 aliphatic rings. The molecule has 2 aliphatic carbocycles. The van der Waals surface area contributed by atoms with Crippen LogP contribution < -0.4 is 4.74 Å². The largest absolute Gasteiger partial charge is 0.481 e. The highest BCUT2D eigenvalue weighted by molar-refractivity contribution is 5.73. The zero-order valence-corrected chi connectivity index (χ0v) is 17.3. The van der Waals surface area contributed by atoms with Gasteiger partial charge in [0.15, 0.2) is 0 Å². The second-order valence-electron chi connectivity index (χ2n) is 9.50. The fourth-order valence-corrected chi connectivity index (χ4v) is 5.39. The summed E-state index contributed by atoms with van der Waals surface area (Å²) in [7, 11) is 0. The Balaban J connectivity index is 1.25. The first-order valence-electron chi connectivity index (χ1n) is 11.0. The molecule has 2 bridgehead atoms. The number of halogens is 2.